The van der Waals surface area contributed by atoms with E-state index in [0.717, 1.165) is 58.2 Å². The summed E-state index contributed by atoms with van der Waals surface area (Å²) in [5.41, 5.74) is 9.88. The van der Waals surface area contributed by atoms with Crippen molar-refractivity contribution < 1.29 is 9.53 Å². The maximum absolute atomic E-state index is 12.9. The molecule has 1 fully saturated rings. The minimum atomic E-state index is -0.511. The van der Waals surface area contributed by atoms with Crippen LogP contribution in [0.4, 0.5) is 4.79 Å². The van der Waals surface area contributed by atoms with E-state index in [1.54, 1.807) is 0 Å². The topological polar surface area (TPSA) is 41.9 Å². The van der Waals surface area contributed by atoms with Gasteiger partial charge in [-0.2, -0.15) is 0 Å². The van der Waals surface area contributed by atoms with Crippen LogP contribution in [0.15, 0.2) is 93.6 Å². The zero-order chi connectivity index (χ0) is 30.6. The van der Waals surface area contributed by atoms with Crippen molar-refractivity contribution in [2.24, 2.45) is 16.8 Å². The lowest BCUT2D eigenvalue weighted by Gasteiger charge is -2.32. The quantitative estimate of drug-likeness (QED) is 0.333. The highest BCUT2D eigenvalue weighted by atomic mass is 35.5. The van der Waals surface area contributed by atoms with E-state index in [2.05, 4.69) is 57.7 Å². The lowest BCUT2D eigenvalue weighted by Crippen LogP contribution is -2.40. The SMILES string of the molecule is C=C(C)C(/C1=C\[C@@H](C)CN(C(=O)OC(C)(C)C)CCC1)=C1/C(/C(=C\C)CC2CC2)=CC(c2cccc(Cl)c2)=C/C1=N/C. The van der Waals surface area contributed by atoms with E-state index in [0.29, 0.717) is 13.1 Å². The molecule has 42 heavy (non-hydrogen) atoms. The molecule has 4 rings (SSSR count). The lowest BCUT2D eigenvalue weighted by molar-refractivity contribution is 0.0230. The first-order valence-corrected chi connectivity index (χ1v) is 15.7. The Kier molecular flexibility index (Phi) is 10.2. The van der Waals surface area contributed by atoms with Crippen LogP contribution in [0.25, 0.3) is 5.57 Å². The summed E-state index contributed by atoms with van der Waals surface area (Å²) in [6.45, 7) is 18.0. The lowest BCUT2D eigenvalue weighted by atomic mass is 9.77. The normalized spacial score (nSPS) is 23.8. The largest absolute Gasteiger partial charge is 0.444 e. The fourth-order valence-corrected chi connectivity index (χ4v) is 6.09. The molecule has 2 aliphatic carbocycles. The standard InChI is InChI=1S/C37H47ClN2O2/c1-9-27(19-26-15-16-26)32-21-30(28-12-10-14-31(38)20-28)22-33(39-8)35(32)34(24(2)3)29-13-11-17-40(23-25(4)18-29)36(41)42-37(5,6)7/h9-10,12,14,18,20-22,25-26H,2,11,13,15-17,19,23H2,1,3-8H3/b27-9-,29-18-,35-34+,39-33-/t25-/m1/s1. The minimum absolute atomic E-state index is 0.158. The Hall–Kier alpha value is -3.11. The molecular weight excluding hydrogens is 540 g/mol. The molecule has 1 aliphatic heterocycles. The van der Waals surface area contributed by atoms with Gasteiger partial charge in [-0.25, -0.2) is 4.79 Å². The number of halogens is 1. The molecule has 1 saturated carbocycles. The number of hydrogen-bond donors (Lipinski definition) is 0. The second kappa shape index (κ2) is 13.5. The van der Waals surface area contributed by atoms with E-state index in [9.17, 15) is 4.79 Å². The van der Waals surface area contributed by atoms with Gasteiger partial charge in [-0.1, -0.05) is 55.0 Å². The van der Waals surface area contributed by atoms with Crippen LogP contribution in [0.3, 0.4) is 0 Å². The van der Waals surface area contributed by atoms with Gasteiger partial charge in [-0.05, 0) is 136 Å². The molecule has 1 atom stereocenters. The maximum Gasteiger partial charge on any atom is 0.410 e. The predicted octanol–water partition coefficient (Wildman–Crippen LogP) is 9.95. The zero-order valence-electron chi connectivity index (χ0n) is 26.5. The van der Waals surface area contributed by atoms with Crippen molar-refractivity contribution in [3.05, 3.63) is 99.2 Å². The van der Waals surface area contributed by atoms with Gasteiger partial charge in [-0.15, -0.1) is 0 Å². The second-order valence-electron chi connectivity index (χ2n) is 13.0. The molecule has 1 aromatic rings. The van der Waals surface area contributed by atoms with E-state index in [4.69, 9.17) is 21.3 Å². The maximum atomic E-state index is 12.9. The third kappa shape index (κ3) is 8.04. The molecule has 0 bridgehead atoms. The van der Waals surface area contributed by atoms with Crippen LogP contribution in [0.2, 0.25) is 5.02 Å². The summed E-state index contributed by atoms with van der Waals surface area (Å²) < 4.78 is 5.70. The molecule has 224 valence electrons. The van der Waals surface area contributed by atoms with Gasteiger partial charge in [0.2, 0.25) is 0 Å². The predicted molar refractivity (Wildman–Crippen MR) is 178 cm³/mol. The molecule has 0 N–H and O–H groups in total. The van der Waals surface area contributed by atoms with Crippen molar-refractivity contribution in [3.63, 3.8) is 0 Å². The average molecular weight is 587 g/mol. The smallest absolute Gasteiger partial charge is 0.410 e. The van der Waals surface area contributed by atoms with Crippen molar-refractivity contribution in [1.29, 1.82) is 0 Å². The second-order valence-corrected chi connectivity index (χ2v) is 13.4. The fourth-order valence-electron chi connectivity index (χ4n) is 5.90. The third-order valence-corrected chi connectivity index (χ3v) is 8.17. The Bertz CT molecular complexity index is 1410. The van der Waals surface area contributed by atoms with Gasteiger partial charge in [0.1, 0.15) is 5.60 Å². The summed E-state index contributed by atoms with van der Waals surface area (Å²) in [5.74, 6) is 0.902. The van der Waals surface area contributed by atoms with Crippen LogP contribution >= 0.6 is 11.6 Å². The summed E-state index contributed by atoms with van der Waals surface area (Å²) in [6.07, 6.45) is 14.2. The summed E-state index contributed by atoms with van der Waals surface area (Å²) in [7, 11) is 1.88. The Morgan fingerprint density at radius 1 is 1.24 bits per heavy atom. The van der Waals surface area contributed by atoms with Crippen LogP contribution in [-0.4, -0.2) is 42.4 Å². The van der Waals surface area contributed by atoms with Crippen molar-refractivity contribution in [2.75, 3.05) is 20.1 Å². The van der Waals surface area contributed by atoms with Gasteiger partial charge in [0.25, 0.3) is 0 Å². The van der Waals surface area contributed by atoms with Crippen molar-refractivity contribution in [2.45, 2.75) is 79.2 Å². The molecule has 0 saturated heterocycles. The van der Waals surface area contributed by atoms with Crippen LogP contribution in [0.5, 0.6) is 0 Å². The van der Waals surface area contributed by atoms with Crippen LogP contribution in [-0.2, 0) is 4.74 Å². The monoisotopic (exact) mass is 586 g/mol. The Labute approximate surface area is 258 Å². The van der Waals surface area contributed by atoms with Gasteiger partial charge in [0, 0.05) is 30.7 Å². The average Bonchev–Trinajstić information content (AvgIpc) is 3.73. The van der Waals surface area contributed by atoms with Gasteiger partial charge in [0.05, 0.1) is 5.71 Å². The zero-order valence-corrected chi connectivity index (χ0v) is 27.3. The number of carbonyl (C=O) groups excluding carboxylic acids is 1. The third-order valence-electron chi connectivity index (χ3n) is 7.93. The minimum Gasteiger partial charge on any atom is -0.444 e. The molecule has 0 radical (unpaired) electrons. The summed E-state index contributed by atoms with van der Waals surface area (Å²) >= 11 is 6.41. The number of ether oxygens (including phenoxy) is 1. The molecule has 3 aliphatic rings. The number of amides is 1. The molecule has 0 spiro atoms. The van der Waals surface area contributed by atoms with Gasteiger partial charge < -0.3 is 9.64 Å². The number of rotatable bonds is 6. The summed E-state index contributed by atoms with van der Waals surface area (Å²) in [4.78, 5) is 19.6. The molecule has 1 amide bonds. The van der Waals surface area contributed by atoms with E-state index in [1.165, 1.54) is 35.1 Å². The molecule has 0 unspecified atom stereocenters. The van der Waals surface area contributed by atoms with Crippen LogP contribution in [0.1, 0.15) is 79.2 Å². The fraction of sp³-hybridized carbons (Fsp3) is 0.459. The van der Waals surface area contributed by atoms with E-state index in [-0.39, 0.29) is 12.0 Å². The highest BCUT2D eigenvalue weighted by molar-refractivity contribution is 6.30. The van der Waals surface area contributed by atoms with Crippen LogP contribution in [0, 0.1) is 11.8 Å². The van der Waals surface area contributed by atoms with E-state index < -0.39 is 5.60 Å². The molecule has 4 nitrogen and oxygen atoms in total. The number of benzene rings is 1. The molecule has 1 aromatic carbocycles. The Balaban J connectivity index is 1.82. The highest BCUT2D eigenvalue weighted by Crippen LogP contribution is 2.44. The van der Waals surface area contributed by atoms with Gasteiger partial charge >= 0.3 is 6.09 Å². The summed E-state index contributed by atoms with van der Waals surface area (Å²) in [6, 6.07) is 8.05. The van der Waals surface area contributed by atoms with Gasteiger partial charge in [-0.3, -0.25) is 4.99 Å². The number of hydrogen-bond acceptors (Lipinski definition) is 3. The molecular formula is C37H47ClN2O2. The summed E-state index contributed by atoms with van der Waals surface area (Å²) in [5, 5.41) is 0.723. The highest BCUT2D eigenvalue weighted by Gasteiger charge is 2.31. The first kappa shape index (κ1) is 31.8. The van der Waals surface area contributed by atoms with Gasteiger partial charge in [0.15, 0.2) is 0 Å². The first-order chi connectivity index (χ1) is 19.9. The van der Waals surface area contributed by atoms with E-state index >= 15 is 0 Å². The number of aliphatic imine (C=N–C) groups is 1. The first-order valence-electron chi connectivity index (χ1n) is 15.3. The molecule has 0 aromatic heterocycles. The molecule has 5 heteroatoms. The van der Waals surface area contributed by atoms with Crippen molar-refractivity contribution >= 4 is 29.0 Å². The number of nitrogens with zero attached hydrogens (tertiary/aromatic N) is 2. The van der Waals surface area contributed by atoms with Crippen molar-refractivity contribution in [1.82, 2.24) is 4.90 Å². The van der Waals surface area contributed by atoms with E-state index in [1.807, 2.05) is 50.9 Å². The Morgan fingerprint density at radius 3 is 2.57 bits per heavy atom. The Morgan fingerprint density at radius 2 is 1.98 bits per heavy atom. The van der Waals surface area contributed by atoms with Crippen LogP contribution < -0.4 is 0 Å². The number of carbonyl (C=O) groups is 1. The number of allylic oxidation sites excluding steroid dienone is 10. The van der Waals surface area contributed by atoms with Crippen molar-refractivity contribution in [3.8, 4) is 0 Å². The molecule has 1 heterocycles.